The van der Waals surface area contributed by atoms with E-state index in [1.165, 1.54) is 4.90 Å². The molecule has 1 aliphatic heterocycles. The highest BCUT2D eigenvalue weighted by Crippen LogP contribution is 2.21. The molecule has 0 aliphatic carbocycles. The Bertz CT molecular complexity index is 649. The summed E-state index contributed by atoms with van der Waals surface area (Å²) in [6.07, 6.45) is -1.30. The molecule has 1 aliphatic rings. The standard InChI is InChI=1S/C18H24N2O6/c1-18(2,3)26-16(23)19-14(15(21)22)13-9-20(10-13)17(24)25-11-12-7-5-4-6-8-12/h4-8,13-14H,9-11H2,1-3H3,(H,19,23)(H,21,22). The summed E-state index contributed by atoms with van der Waals surface area (Å²) in [5, 5.41) is 11.7. The Morgan fingerprint density at radius 3 is 2.38 bits per heavy atom. The van der Waals surface area contributed by atoms with Crippen LogP contribution in [0.5, 0.6) is 0 Å². The van der Waals surface area contributed by atoms with Crippen molar-refractivity contribution in [3.05, 3.63) is 35.9 Å². The minimum Gasteiger partial charge on any atom is -0.480 e. The number of hydrogen-bond acceptors (Lipinski definition) is 5. The number of rotatable bonds is 5. The predicted octanol–water partition coefficient (Wildman–Crippen LogP) is 2.23. The number of ether oxygens (including phenoxy) is 2. The summed E-state index contributed by atoms with van der Waals surface area (Å²) in [6.45, 7) is 5.61. The number of nitrogens with zero attached hydrogens (tertiary/aromatic N) is 1. The van der Waals surface area contributed by atoms with Crippen molar-refractivity contribution >= 4 is 18.2 Å². The zero-order valence-corrected chi connectivity index (χ0v) is 15.1. The molecule has 1 aromatic carbocycles. The van der Waals surface area contributed by atoms with Crippen LogP contribution in [0.4, 0.5) is 9.59 Å². The zero-order valence-electron chi connectivity index (χ0n) is 15.1. The quantitative estimate of drug-likeness (QED) is 0.830. The minimum absolute atomic E-state index is 0.152. The van der Waals surface area contributed by atoms with Crippen molar-refractivity contribution < 1.29 is 29.0 Å². The van der Waals surface area contributed by atoms with Gasteiger partial charge in [-0.05, 0) is 26.3 Å². The fourth-order valence-corrected chi connectivity index (χ4v) is 2.50. The van der Waals surface area contributed by atoms with Crippen LogP contribution in [-0.4, -0.2) is 52.9 Å². The molecule has 1 saturated heterocycles. The largest absolute Gasteiger partial charge is 0.480 e. The van der Waals surface area contributed by atoms with Crippen molar-refractivity contribution in [2.24, 2.45) is 5.92 Å². The van der Waals surface area contributed by atoms with Gasteiger partial charge in [-0.2, -0.15) is 0 Å². The summed E-state index contributed by atoms with van der Waals surface area (Å²) >= 11 is 0. The van der Waals surface area contributed by atoms with Crippen LogP contribution >= 0.6 is 0 Å². The molecule has 1 unspecified atom stereocenters. The second-order valence-corrected chi connectivity index (χ2v) is 7.17. The third-order valence-electron chi connectivity index (χ3n) is 3.78. The van der Waals surface area contributed by atoms with E-state index in [9.17, 15) is 19.5 Å². The molecule has 0 bridgehead atoms. The van der Waals surface area contributed by atoms with Gasteiger partial charge in [0.25, 0.3) is 0 Å². The van der Waals surface area contributed by atoms with Crippen LogP contribution in [0.25, 0.3) is 0 Å². The Labute approximate surface area is 152 Å². The summed E-state index contributed by atoms with van der Waals surface area (Å²) in [6, 6.07) is 8.14. The molecule has 26 heavy (non-hydrogen) atoms. The molecule has 0 spiro atoms. The summed E-state index contributed by atoms with van der Waals surface area (Å²) in [7, 11) is 0. The fraction of sp³-hybridized carbons (Fsp3) is 0.500. The van der Waals surface area contributed by atoms with Crippen LogP contribution in [0.15, 0.2) is 30.3 Å². The third kappa shape index (κ3) is 5.65. The monoisotopic (exact) mass is 364 g/mol. The van der Waals surface area contributed by atoms with Gasteiger partial charge in [-0.1, -0.05) is 30.3 Å². The van der Waals surface area contributed by atoms with E-state index in [0.29, 0.717) is 0 Å². The van der Waals surface area contributed by atoms with Crippen molar-refractivity contribution in [1.82, 2.24) is 10.2 Å². The molecule has 8 heteroatoms. The van der Waals surface area contributed by atoms with Crippen LogP contribution < -0.4 is 5.32 Å². The maximum Gasteiger partial charge on any atom is 0.410 e. The lowest BCUT2D eigenvalue weighted by Gasteiger charge is -2.41. The third-order valence-corrected chi connectivity index (χ3v) is 3.78. The summed E-state index contributed by atoms with van der Waals surface area (Å²) in [5.74, 6) is -1.57. The normalized spacial score (nSPS) is 15.6. The molecular formula is C18H24N2O6. The lowest BCUT2D eigenvalue weighted by Crippen LogP contribution is -2.61. The number of hydrogen-bond donors (Lipinski definition) is 2. The molecule has 142 valence electrons. The van der Waals surface area contributed by atoms with Crippen molar-refractivity contribution in [1.29, 1.82) is 0 Å². The van der Waals surface area contributed by atoms with Crippen molar-refractivity contribution in [3.8, 4) is 0 Å². The number of likely N-dealkylation sites (tertiary alicyclic amines) is 1. The van der Waals surface area contributed by atoms with Crippen molar-refractivity contribution in [2.45, 2.75) is 39.0 Å². The van der Waals surface area contributed by atoms with Gasteiger partial charge >= 0.3 is 18.2 Å². The van der Waals surface area contributed by atoms with Crippen LogP contribution in [0, 0.1) is 5.92 Å². The van der Waals surface area contributed by atoms with Gasteiger partial charge in [-0.15, -0.1) is 0 Å². The number of carboxylic acid groups (broad SMARTS) is 1. The van der Waals surface area contributed by atoms with E-state index in [2.05, 4.69) is 5.32 Å². The van der Waals surface area contributed by atoms with Gasteiger partial charge in [0.15, 0.2) is 0 Å². The first kappa shape index (κ1) is 19.6. The van der Waals surface area contributed by atoms with Gasteiger partial charge in [0.05, 0.1) is 0 Å². The maximum atomic E-state index is 12.0. The van der Waals surface area contributed by atoms with Gasteiger partial charge in [-0.3, -0.25) is 0 Å². The highest BCUT2D eigenvalue weighted by atomic mass is 16.6. The van der Waals surface area contributed by atoms with Gasteiger partial charge in [0, 0.05) is 19.0 Å². The number of benzene rings is 1. The lowest BCUT2D eigenvalue weighted by atomic mass is 9.92. The van der Waals surface area contributed by atoms with Crippen molar-refractivity contribution in [2.75, 3.05) is 13.1 Å². The van der Waals surface area contributed by atoms with E-state index in [1.807, 2.05) is 30.3 Å². The number of aliphatic carboxylic acids is 1. The number of carbonyl (C=O) groups excluding carboxylic acids is 2. The van der Waals surface area contributed by atoms with Gasteiger partial charge < -0.3 is 24.8 Å². The Hall–Kier alpha value is -2.77. The maximum absolute atomic E-state index is 12.0. The molecule has 8 nitrogen and oxygen atoms in total. The molecule has 2 rings (SSSR count). The first-order chi connectivity index (χ1) is 12.2. The number of carboxylic acids is 1. The second kappa shape index (κ2) is 8.07. The number of carbonyl (C=O) groups is 3. The predicted molar refractivity (Wildman–Crippen MR) is 92.5 cm³/mol. The average Bonchev–Trinajstić information content (AvgIpc) is 2.49. The number of nitrogens with one attached hydrogen (secondary N) is 1. The molecule has 1 atom stereocenters. The Morgan fingerprint density at radius 1 is 1.23 bits per heavy atom. The first-order valence-corrected chi connectivity index (χ1v) is 8.33. The molecule has 2 N–H and O–H groups in total. The fourth-order valence-electron chi connectivity index (χ4n) is 2.50. The van der Waals surface area contributed by atoms with Crippen LogP contribution in [0.1, 0.15) is 26.3 Å². The van der Waals surface area contributed by atoms with E-state index >= 15 is 0 Å². The molecule has 2 amide bonds. The molecule has 0 saturated carbocycles. The highest BCUT2D eigenvalue weighted by molar-refractivity contribution is 5.81. The Balaban J connectivity index is 1.80. The summed E-state index contributed by atoms with van der Waals surface area (Å²) in [4.78, 5) is 36.6. The molecule has 1 aromatic rings. The molecule has 0 aromatic heterocycles. The van der Waals surface area contributed by atoms with Gasteiger partial charge in [-0.25, -0.2) is 14.4 Å². The SMILES string of the molecule is CC(C)(C)OC(=O)NC(C(=O)O)C1CN(C(=O)OCc2ccccc2)C1. The van der Waals surface area contributed by atoms with Gasteiger partial charge in [0.1, 0.15) is 18.2 Å². The number of amides is 2. The highest BCUT2D eigenvalue weighted by Gasteiger charge is 2.41. The Kier molecular flexibility index (Phi) is 6.07. The van der Waals surface area contributed by atoms with E-state index in [4.69, 9.17) is 9.47 Å². The number of alkyl carbamates (subject to hydrolysis) is 1. The average molecular weight is 364 g/mol. The molecule has 1 fully saturated rings. The zero-order chi connectivity index (χ0) is 19.3. The molecular weight excluding hydrogens is 340 g/mol. The van der Waals surface area contributed by atoms with E-state index < -0.39 is 35.7 Å². The summed E-state index contributed by atoms with van der Waals surface area (Å²) in [5.41, 5.74) is 0.146. The van der Waals surface area contributed by atoms with E-state index in [1.54, 1.807) is 20.8 Å². The first-order valence-electron chi connectivity index (χ1n) is 8.33. The molecule has 0 radical (unpaired) electrons. The van der Waals surface area contributed by atoms with E-state index in [0.717, 1.165) is 5.56 Å². The topological polar surface area (TPSA) is 105 Å². The van der Waals surface area contributed by atoms with Crippen molar-refractivity contribution in [3.63, 3.8) is 0 Å². The van der Waals surface area contributed by atoms with E-state index in [-0.39, 0.29) is 19.7 Å². The van der Waals surface area contributed by atoms with Crippen LogP contribution in [-0.2, 0) is 20.9 Å². The minimum atomic E-state index is -1.17. The lowest BCUT2D eigenvalue weighted by molar-refractivity contribution is -0.142. The van der Waals surface area contributed by atoms with Crippen LogP contribution in [0.2, 0.25) is 0 Å². The summed E-state index contributed by atoms with van der Waals surface area (Å²) < 4.78 is 10.3. The second-order valence-electron chi connectivity index (χ2n) is 7.17. The smallest absolute Gasteiger partial charge is 0.410 e. The Morgan fingerprint density at radius 2 is 1.85 bits per heavy atom. The van der Waals surface area contributed by atoms with Crippen LogP contribution in [0.3, 0.4) is 0 Å². The van der Waals surface area contributed by atoms with Gasteiger partial charge in [0.2, 0.25) is 0 Å². The molecule has 1 heterocycles.